The molecule has 0 atom stereocenters. The highest BCUT2D eigenvalue weighted by molar-refractivity contribution is 5.89. The number of ether oxygens (including phenoxy) is 3. The van der Waals surface area contributed by atoms with E-state index in [0.717, 1.165) is 16.3 Å². The zero-order valence-corrected chi connectivity index (χ0v) is 16.6. The van der Waals surface area contributed by atoms with Crippen LogP contribution in [0.5, 0.6) is 11.5 Å². The third-order valence-electron chi connectivity index (χ3n) is 3.90. The van der Waals surface area contributed by atoms with Crippen molar-refractivity contribution in [3.8, 4) is 11.5 Å². The van der Waals surface area contributed by atoms with Gasteiger partial charge in [-0.05, 0) is 49.9 Å². The van der Waals surface area contributed by atoms with E-state index >= 15 is 0 Å². The van der Waals surface area contributed by atoms with Gasteiger partial charge in [0.05, 0.1) is 0 Å². The van der Waals surface area contributed by atoms with E-state index in [1.54, 1.807) is 51.1 Å². The van der Waals surface area contributed by atoms with Crippen molar-refractivity contribution in [2.24, 2.45) is 0 Å². The molecule has 29 heavy (non-hydrogen) atoms. The summed E-state index contributed by atoms with van der Waals surface area (Å²) in [6.07, 6.45) is -1.31. The molecule has 0 aliphatic carbocycles. The van der Waals surface area contributed by atoms with E-state index in [2.05, 4.69) is 5.32 Å². The van der Waals surface area contributed by atoms with Gasteiger partial charge in [-0.15, -0.1) is 0 Å². The molecule has 0 heterocycles. The van der Waals surface area contributed by atoms with Crippen LogP contribution in [0.4, 0.5) is 9.59 Å². The van der Waals surface area contributed by atoms with Gasteiger partial charge < -0.3 is 19.5 Å². The van der Waals surface area contributed by atoms with Gasteiger partial charge in [-0.1, -0.05) is 48.5 Å². The Balaban J connectivity index is 1.55. The molecule has 3 rings (SSSR count). The summed E-state index contributed by atoms with van der Waals surface area (Å²) < 4.78 is 15.8. The smallest absolute Gasteiger partial charge is 0.444 e. The van der Waals surface area contributed by atoms with Crippen LogP contribution in [0.2, 0.25) is 0 Å². The fourth-order valence-electron chi connectivity index (χ4n) is 2.66. The first kappa shape index (κ1) is 20.2. The number of fused-ring (bicyclic) bond motifs is 1. The normalized spacial score (nSPS) is 11.0. The molecule has 150 valence electrons. The molecule has 0 aromatic heterocycles. The van der Waals surface area contributed by atoms with Crippen molar-refractivity contribution in [2.45, 2.75) is 32.9 Å². The highest BCUT2D eigenvalue weighted by Gasteiger charge is 2.16. The number of carbonyl (C=O) groups is 2. The topological polar surface area (TPSA) is 73.9 Å². The Morgan fingerprint density at radius 3 is 2.28 bits per heavy atom. The van der Waals surface area contributed by atoms with Crippen molar-refractivity contribution < 1.29 is 23.8 Å². The zero-order chi connectivity index (χ0) is 20.9. The average molecular weight is 393 g/mol. The molecule has 0 aliphatic heterocycles. The molecule has 1 N–H and O–H groups in total. The van der Waals surface area contributed by atoms with Crippen molar-refractivity contribution in [3.63, 3.8) is 0 Å². The number of amides is 1. The van der Waals surface area contributed by atoms with Gasteiger partial charge >= 0.3 is 12.2 Å². The summed E-state index contributed by atoms with van der Waals surface area (Å²) in [5.41, 5.74) is 0.289. The number of alkyl carbamates (subject to hydrolysis) is 1. The summed E-state index contributed by atoms with van der Waals surface area (Å²) in [5.74, 6) is 0.780. The van der Waals surface area contributed by atoms with E-state index in [9.17, 15) is 9.59 Å². The van der Waals surface area contributed by atoms with Crippen molar-refractivity contribution >= 4 is 23.0 Å². The van der Waals surface area contributed by atoms with Gasteiger partial charge in [-0.3, -0.25) is 0 Å². The Hall–Kier alpha value is -3.54. The molecular formula is C23H23NO5. The molecule has 0 saturated heterocycles. The first-order valence-corrected chi connectivity index (χ1v) is 9.23. The summed E-state index contributed by atoms with van der Waals surface area (Å²) in [5, 5.41) is 4.47. The number of hydrogen-bond acceptors (Lipinski definition) is 5. The highest BCUT2D eigenvalue weighted by Crippen LogP contribution is 2.25. The monoisotopic (exact) mass is 393 g/mol. The fourth-order valence-corrected chi connectivity index (χ4v) is 2.66. The lowest BCUT2D eigenvalue weighted by atomic mass is 10.1. The van der Waals surface area contributed by atoms with Crippen LogP contribution in [-0.2, 0) is 11.3 Å². The summed E-state index contributed by atoms with van der Waals surface area (Å²) in [4.78, 5) is 23.8. The summed E-state index contributed by atoms with van der Waals surface area (Å²) in [6, 6.07) is 19.9. The minimum atomic E-state index is -0.819. The average Bonchev–Trinajstić information content (AvgIpc) is 2.66. The predicted molar refractivity (Wildman–Crippen MR) is 110 cm³/mol. The van der Waals surface area contributed by atoms with Crippen molar-refractivity contribution in [1.29, 1.82) is 0 Å². The molecule has 0 spiro atoms. The third kappa shape index (κ3) is 5.97. The van der Waals surface area contributed by atoms with Gasteiger partial charge in [0.15, 0.2) is 0 Å². The molecule has 0 bridgehead atoms. The molecule has 3 aromatic carbocycles. The summed E-state index contributed by atoms with van der Waals surface area (Å²) in [7, 11) is 0. The number of rotatable bonds is 4. The first-order valence-electron chi connectivity index (χ1n) is 9.23. The Bertz CT molecular complexity index is 1000. The Labute approximate surface area is 169 Å². The van der Waals surface area contributed by atoms with Crippen LogP contribution in [0.3, 0.4) is 0 Å². The summed E-state index contributed by atoms with van der Waals surface area (Å²) >= 11 is 0. The molecular weight excluding hydrogens is 370 g/mol. The van der Waals surface area contributed by atoms with E-state index in [1.807, 2.05) is 36.4 Å². The minimum absolute atomic E-state index is 0.301. The minimum Gasteiger partial charge on any atom is -0.444 e. The molecule has 6 nitrogen and oxygen atoms in total. The second-order valence-electron chi connectivity index (χ2n) is 7.43. The lowest BCUT2D eigenvalue weighted by Gasteiger charge is -2.19. The van der Waals surface area contributed by atoms with Crippen molar-refractivity contribution in [3.05, 3.63) is 72.3 Å². The molecule has 0 saturated carbocycles. The van der Waals surface area contributed by atoms with Crippen molar-refractivity contribution in [1.82, 2.24) is 5.32 Å². The quantitative estimate of drug-likeness (QED) is 0.472. The van der Waals surface area contributed by atoms with E-state index in [1.165, 1.54) is 0 Å². The second-order valence-corrected chi connectivity index (χ2v) is 7.43. The summed E-state index contributed by atoms with van der Waals surface area (Å²) in [6.45, 7) is 5.71. The fraction of sp³-hybridized carbons (Fsp3) is 0.217. The molecule has 6 heteroatoms. The molecule has 1 amide bonds. The predicted octanol–water partition coefficient (Wildman–Crippen LogP) is 5.44. The lowest BCUT2D eigenvalue weighted by molar-refractivity contribution is 0.0523. The second kappa shape index (κ2) is 8.65. The number of nitrogens with one attached hydrogen (secondary N) is 1. The van der Waals surface area contributed by atoms with Crippen LogP contribution in [0, 0.1) is 0 Å². The standard InChI is InChI=1S/C23H23NO5/c1-23(2,3)29-21(25)24-15-16-11-13-18(14-12-16)27-22(26)28-20-10-6-8-17-7-4-5-9-19(17)20/h4-14H,15H2,1-3H3,(H,24,25). The molecule has 0 radical (unpaired) electrons. The maximum Gasteiger partial charge on any atom is 0.519 e. The van der Waals surface area contributed by atoms with Crippen LogP contribution >= 0.6 is 0 Å². The van der Waals surface area contributed by atoms with Gasteiger partial charge in [-0.2, -0.15) is 0 Å². The van der Waals surface area contributed by atoms with Crippen LogP contribution in [0.15, 0.2) is 66.7 Å². The van der Waals surface area contributed by atoms with Crippen LogP contribution in [-0.4, -0.2) is 17.8 Å². The molecule has 3 aromatic rings. The van der Waals surface area contributed by atoms with Crippen molar-refractivity contribution in [2.75, 3.05) is 0 Å². The zero-order valence-electron chi connectivity index (χ0n) is 16.6. The van der Waals surface area contributed by atoms with Gasteiger partial charge in [0.2, 0.25) is 0 Å². The maximum atomic E-state index is 12.1. The number of carbonyl (C=O) groups excluding carboxylic acids is 2. The Morgan fingerprint density at radius 1 is 0.862 bits per heavy atom. The lowest BCUT2D eigenvalue weighted by Crippen LogP contribution is -2.32. The van der Waals surface area contributed by atoms with Gasteiger partial charge in [-0.25, -0.2) is 9.59 Å². The number of hydrogen-bond donors (Lipinski definition) is 1. The van der Waals surface area contributed by atoms with Crippen LogP contribution in [0.25, 0.3) is 10.8 Å². The van der Waals surface area contributed by atoms with Gasteiger partial charge in [0.1, 0.15) is 17.1 Å². The third-order valence-corrected chi connectivity index (χ3v) is 3.90. The van der Waals surface area contributed by atoms with Crippen LogP contribution < -0.4 is 14.8 Å². The molecule has 0 fully saturated rings. The Morgan fingerprint density at radius 2 is 1.55 bits per heavy atom. The van der Waals surface area contributed by atoms with Gasteiger partial charge in [0.25, 0.3) is 0 Å². The largest absolute Gasteiger partial charge is 0.519 e. The molecule has 0 aliphatic rings. The maximum absolute atomic E-state index is 12.1. The van der Waals surface area contributed by atoms with E-state index in [-0.39, 0.29) is 0 Å². The van der Waals surface area contributed by atoms with Crippen LogP contribution in [0.1, 0.15) is 26.3 Å². The molecule has 0 unspecified atom stereocenters. The number of benzene rings is 3. The SMILES string of the molecule is CC(C)(C)OC(=O)NCc1ccc(OC(=O)Oc2cccc3ccccc23)cc1. The van der Waals surface area contributed by atoms with E-state index in [0.29, 0.717) is 18.0 Å². The van der Waals surface area contributed by atoms with E-state index in [4.69, 9.17) is 14.2 Å². The first-order chi connectivity index (χ1) is 13.8. The highest BCUT2D eigenvalue weighted by atomic mass is 16.7. The van der Waals surface area contributed by atoms with Gasteiger partial charge in [0, 0.05) is 11.9 Å². The van der Waals surface area contributed by atoms with E-state index < -0.39 is 17.8 Å². The Kier molecular flexibility index (Phi) is 6.02.